The van der Waals surface area contributed by atoms with Crippen LogP contribution in [-0.4, -0.2) is 32.2 Å². The molecule has 0 aliphatic carbocycles. The predicted molar refractivity (Wildman–Crippen MR) is 123 cm³/mol. The van der Waals surface area contributed by atoms with Gasteiger partial charge in [-0.1, -0.05) is 23.9 Å². The summed E-state index contributed by atoms with van der Waals surface area (Å²) in [6, 6.07) is 18.3. The van der Waals surface area contributed by atoms with Crippen molar-refractivity contribution in [1.82, 2.24) is 14.8 Å². The van der Waals surface area contributed by atoms with E-state index in [0.717, 1.165) is 11.8 Å². The number of thioether (sulfide) groups is 1. The molecule has 0 atom stereocenters. The molecule has 0 bridgehead atoms. The first-order valence-electron chi connectivity index (χ1n) is 9.92. The van der Waals surface area contributed by atoms with Gasteiger partial charge in [-0.15, -0.1) is 10.2 Å². The lowest BCUT2D eigenvalue weighted by molar-refractivity contribution is -0.113. The lowest BCUT2D eigenvalue weighted by Gasteiger charge is -2.11. The second-order valence-corrected chi connectivity index (χ2v) is 8.01. The molecule has 0 aliphatic rings. The van der Waals surface area contributed by atoms with E-state index in [9.17, 15) is 18.4 Å². The number of benzene rings is 3. The molecule has 4 rings (SSSR count). The van der Waals surface area contributed by atoms with E-state index in [-0.39, 0.29) is 23.3 Å². The van der Waals surface area contributed by atoms with Gasteiger partial charge in [0.2, 0.25) is 5.91 Å². The third-order valence-electron chi connectivity index (χ3n) is 4.73. The Morgan fingerprint density at radius 3 is 2.21 bits per heavy atom. The Morgan fingerprint density at radius 2 is 1.55 bits per heavy atom. The Morgan fingerprint density at radius 1 is 0.909 bits per heavy atom. The Bertz CT molecular complexity index is 1310. The Labute approximate surface area is 192 Å². The van der Waals surface area contributed by atoms with Crippen molar-refractivity contribution < 1.29 is 18.4 Å². The zero-order chi connectivity index (χ0) is 23.4. The van der Waals surface area contributed by atoms with Crippen molar-refractivity contribution in [1.29, 1.82) is 0 Å². The maximum atomic E-state index is 13.5. The standard InChI is InChI=1S/C24H18F2N4O2S/c1-15(31)20-4-2-3-5-21(20)27-22(32)14-33-24-29-28-23(16-6-8-17(25)9-7-16)30(24)19-12-10-18(26)11-13-19/h2-13H,14H2,1H3,(H,27,32). The van der Waals surface area contributed by atoms with E-state index < -0.39 is 5.82 Å². The summed E-state index contributed by atoms with van der Waals surface area (Å²) in [4.78, 5) is 24.4. The number of aromatic nitrogens is 3. The molecule has 0 saturated heterocycles. The number of ketones is 1. The molecule has 9 heteroatoms. The van der Waals surface area contributed by atoms with Gasteiger partial charge in [-0.05, 0) is 67.6 Å². The van der Waals surface area contributed by atoms with Crippen LogP contribution in [-0.2, 0) is 4.79 Å². The van der Waals surface area contributed by atoms with Gasteiger partial charge in [0.05, 0.1) is 11.4 Å². The normalized spacial score (nSPS) is 10.8. The Balaban J connectivity index is 1.60. The Kier molecular flexibility index (Phi) is 6.60. The van der Waals surface area contributed by atoms with Gasteiger partial charge in [0.15, 0.2) is 16.8 Å². The molecule has 3 aromatic carbocycles. The largest absolute Gasteiger partial charge is 0.325 e. The van der Waals surface area contributed by atoms with Crippen molar-refractivity contribution in [2.45, 2.75) is 12.1 Å². The molecule has 1 amide bonds. The van der Waals surface area contributed by atoms with Crippen LogP contribution in [0.1, 0.15) is 17.3 Å². The van der Waals surface area contributed by atoms with Crippen molar-refractivity contribution in [3.05, 3.63) is 90.0 Å². The minimum absolute atomic E-state index is 0.00498. The summed E-state index contributed by atoms with van der Waals surface area (Å²) >= 11 is 1.13. The number of hydrogen-bond acceptors (Lipinski definition) is 5. The smallest absolute Gasteiger partial charge is 0.234 e. The fraction of sp³-hybridized carbons (Fsp3) is 0.0833. The predicted octanol–water partition coefficient (Wildman–Crippen LogP) is 5.15. The molecule has 0 fully saturated rings. The molecule has 0 spiro atoms. The monoisotopic (exact) mass is 464 g/mol. The van der Waals surface area contributed by atoms with Crippen LogP contribution in [0.3, 0.4) is 0 Å². The topological polar surface area (TPSA) is 76.9 Å². The maximum Gasteiger partial charge on any atom is 0.234 e. The van der Waals surface area contributed by atoms with Crippen LogP contribution in [0.25, 0.3) is 17.1 Å². The molecule has 33 heavy (non-hydrogen) atoms. The van der Waals surface area contributed by atoms with Gasteiger partial charge < -0.3 is 5.32 Å². The zero-order valence-electron chi connectivity index (χ0n) is 17.5. The second kappa shape index (κ2) is 9.74. The number of nitrogens with zero attached hydrogens (tertiary/aromatic N) is 3. The van der Waals surface area contributed by atoms with Crippen LogP contribution in [0, 0.1) is 11.6 Å². The van der Waals surface area contributed by atoms with E-state index in [2.05, 4.69) is 15.5 Å². The first-order chi connectivity index (χ1) is 15.9. The molecule has 0 aliphatic heterocycles. The van der Waals surface area contributed by atoms with Gasteiger partial charge in [-0.25, -0.2) is 8.78 Å². The average molecular weight is 464 g/mol. The number of nitrogens with one attached hydrogen (secondary N) is 1. The molecule has 6 nitrogen and oxygen atoms in total. The van der Waals surface area contributed by atoms with E-state index in [4.69, 9.17) is 0 Å². The minimum atomic E-state index is -0.395. The number of carbonyl (C=O) groups is 2. The molecule has 0 unspecified atom stereocenters. The molecule has 166 valence electrons. The summed E-state index contributed by atoms with van der Waals surface area (Å²) in [5, 5.41) is 11.5. The van der Waals surface area contributed by atoms with Crippen molar-refractivity contribution in [3.63, 3.8) is 0 Å². The van der Waals surface area contributed by atoms with Gasteiger partial charge in [0.1, 0.15) is 11.6 Å². The highest BCUT2D eigenvalue weighted by atomic mass is 32.2. The molecule has 0 saturated carbocycles. The van der Waals surface area contributed by atoms with Crippen molar-refractivity contribution in [2.75, 3.05) is 11.1 Å². The van der Waals surface area contributed by atoms with Crippen molar-refractivity contribution in [3.8, 4) is 17.1 Å². The van der Waals surface area contributed by atoms with Gasteiger partial charge in [-0.3, -0.25) is 14.2 Å². The number of carbonyl (C=O) groups excluding carboxylic acids is 2. The second-order valence-electron chi connectivity index (χ2n) is 7.06. The van der Waals surface area contributed by atoms with E-state index in [1.165, 1.54) is 31.2 Å². The molecule has 1 aromatic heterocycles. The van der Waals surface area contributed by atoms with Crippen molar-refractivity contribution >= 4 is 29.1 Å². The van der Waals surface area contributed by atoms with Gasteiger partial charge >= 0.3 is 0 Å². The Hall–Kier alpha value is -3.85. The zero-order valence-corrected chi connectivity index (χ0v) is 18.3. The summed E-state index contributed by atoms with van der Waals surface area (Å²) in [7, 11) is 0. The number of Topliss-reactive ketones (excluding diaryl/α,β-unsaturated/α-hetero) is 1. The van der Waals surface area contributed by atoms with Crippen LogP contribution >= 0.6 is 11.8 Å². The molecule has 1 heterocycles. The lowest BCUT2D eigenvalue weighted by atomic mass is 10.1. The lowest BCUT2D eigenvalue weighted by Crippen LogP contribution is -2.16. The number of rotatable bonds is 7. The van der Waals surface area contributed by atoms with Gasteiger partial charge in [-0.2, -0.15) is 0 Å². The minimum Gasteiger partial charge on any atom is -0.325 e. The van der Waals surface area contributed by atoms with Crippen LogP contribution in [0.5, 0.6) is 0 Å². The molecule has 0 radical (unpaired) electrons. The third kappa shape index (κ3) is 5.15. The number of anilines is 1. The van der Waals surface area contributed by atoms with Crippen LogP contribution < -0.4 is 5.32 Å². The number of para-hydroxylation sites is 1. The summed E-state index contributed by atoms with van der Waals surface area (Å²) in [6.07, 6.45) is 0. The quantitative estimate of drug-likeness (QED) is 0.303. The number of hydrogen-bond donors (Lipinski definition) is 1. The summed E-state index contributed by atoms with van der Waals surface area (Å²) in [6.45, 7) is 1.43. The first kappa shape index (κ1) is 22.3. The van der Waals surface area contributed by atoms with E-state index in [1.807, 2.05) is 0 Å². The van der Waals surface area contributed by atoms with Crippen LogP contribution in [0.2, 0.25) is 0 Å². The molecule has 1 N–H and O–H groups in total. The summed E-state index contributed by atoms with van der Waals surface area (Å²) in [5.74, 6) is -0.845. The number of halogens is 2. The third-order valence-corrected chi connectivity index (χ3v) is 5.66. The molecule has 4 aromatic rings. The molecular formula is C24H18F2N4O2S. The highest BCUT2D eigenvalue weighted by Crippen LogP contribution is 2.28. The van der Waals surface area contributed by atoms with Crippen LogP contribution in [0.15, 0.2) is 78.0 Å². The van der Waals surface area contributed by atoms with Gasteiger partial charge in [0, 0.05) is 16.8 Å². The molecular weight excluding hydrogens is 446 g/mol. The number of amides is 1. The van der Waals surface area contributed by atoms with Crippen molar-refractivity contribution in [2.24, 2.45) is 0 Å². The first-order valence-corrected chi connectivity index (χ1v) is 10.9. The fourth-order valence-corrected chi connectivity index (χ4v) is 3.94. The average Bonchev–Trinajstić information content (AvgIpc) is 3.23. The summed E-state index contributed by atoms with van der Waals surface area (Å²) < 4.78 is 28.5. The SMILES string of the molecule is CC(=O)c1ccccc1NC(=O)CSc1nnc(-c2ccc(F)cc2)n1-c1ccc(F)cc1. The fourth-order valence-electron chi connectivity index (χ4n) is 3.19. The van der Waals surface area contributed by atoms with Gasteiger partial charge in [0.25, 0.3) is 0 Å². The highest BCUT2D eigenvalue weighted by Gasteiger charge is 2.18. The highest BCUT2D eigenvalue weighted by molar-refractivity contribution is 7.99. The maximum absolute atomic E-state index is 13.5. The van der Waals surface area contributed by atoms with Crippen LogP contribution in [0.4, 0.5) is 14.5 Å². The van der Waals surface area contributed by atoms with E-state index >= 15 is 0 Å². The van der Waals surface area contributed by atoms with E-state index in [0.29, 0.717) is 33.5 Å². The summed E-state index contributed by atoms with van der Waals surface area (Å²) in [5.41, 5.74) is 2.05. The van der Waals surface area contributed by atoms with E-state index in [1.54, 1.807) is 53.1 Å².